The van der Waals surface area contributed by atoms with Crippen LogP contribution in [0.5, 0.6) is 0 Å². The van der Waals surface area contributed by atoms with Crippen molar-refractivity contribution in [2.24, 2.45) is 5.73 Å². The monoisotopic (exact) mass is 292 g/mol. The summed E-state index contributed by atoms with van der Waals surface area (Å²) in [4.78, 5) is 2.73. The molecule has 1 saturated carbocycles. The van der Waals surface area contributed by atoms with Crippen LogP contribution in [0.3, 0.4) is 0 Å². The Morgan fingerprint density at radius 3 is 2.65 bits per heavy atom. The van der Waals surface area contributed by atoms with E-state index in [1.807, 2.05) is 13.0 Å². The SMILES string of the molecule is Cc1ccc(N(CCO)C2CCCCC2)c(C(N)=S)c1. The quantitative estimate of drug-likeness (QED) is 0.819. The molecule has 0 heterocycles. The van der Waals surface area contributed by atoms with Crippen molar-refractivity contribution in [1.82, 2.24) is 0 Å². The van der Waals surface area contributed by atoms with Gasteiger partial charge in [0.1, 0.15) is 4.99 Å². The average Bonchev–Trinajstić information content (AvgIpc) is 2.46. The van der Waals surface area contributed by atoms with Gasteiger partial charge in [0.25, 0.3) is 0 Å². The average molecular weight is 292 g/mol. The Morgan fingerprint density at radius 1 is 1.35 bits per heavy atom. The van der Waals surface area contributed by atoms with Gasteiger partial charge >= 0.3 is 0 Å². The van der Waals surface area contributed by atoms with Crippen molar-refractivity contribution in [1.29, 1.82) is 0 Å². The third-order valence-corrected chi connectivity index (χ3v) is 4.30. The van der Waals surface area contributed by atoms with Crippen molar-refractivity contribution in [3.05, 3.63) is 29.3 Å². The largest absolute Gasteiger partial charge is 0.395 e. The van der Waals surface area contributed by atoms with Gasteiger partial charge < -0.3 is 15.7 Å². The number of anilines is 1. The zero-order valence-electron chi connectivity index (χ0n) is 12.1. The molecule has 1 aromatic carbocycles. The first kappa shape index (κ1) is 15.3. The molecule has 20 heavy (non-hydrogen) atoms. The number of rotatable bonds is 5. The van der Waals surface area contributed by atoms with Gasteiger partial charge in [-0.05, 0) is 31.9 Å². The summed E-state index contributed by atoms with van der Waals surface area (Å²) in [7, 11) is 0. The van der Waals surface area contributed by atoms with Crippen LogP contribution in [0.2, 0.25) is 0 Å². The molecular formula is C16H24N2OS. The van der Waals surface area contributed by atoms with E-state index in [4.69, 9.17) is 18.0 Å². The summed E-state index contributed by atoms with van der Waals surface area (Å²) in [5.41, 5.74) is 9.05. The second-order valence-corrected chi connectivity index (χ2v) is 6.03. The van der Waals surface area contributed by atoms with Gasteiger partial charge in [-0.2, -0.15) is 0 Å². The van der Waals surface area contributed by atoms with E-state index >= 15 is 0 Å². The third kappa shape index (κ3) is 3.49. The van der Waals surface area contributed by atoms with Crippen molar-refractivity contribution in [2.45, 2.75) is 45.1 Å². The topological polar surface area (TPSA) is 49.5 Å². The first-order valence-electron chi connectivity index (χ1n) is 7.41. The predicted molar refractivity (Wildman–Crippen MR) is 88.4 cm³/mol. The third-order valence-electron chi connectivity index (χ3n) is 4.08. The Balaban J connectivity index is 2.35. The summed E-state index contributed by atoms with van der Waals surface area (Å²) in [6.07, 6.45) is 6.22. The molecule has 2 rings (SSSR count). The lowest BCUT2D eigenvalue weighted by molar-refractivity contribution is 0.290. The molecule has 0 unspecified atom stereocenters. The minimum absolute atomic E-state index is 0.154. The van der Waals surface area contributed by atoms with Crippen LogP contribution in [0.15, 0.2) is 18.2 Å². The van der Waals surface area contributed by atoms with Crippen molar-refractivity contribution in [2.75, 3.05) is 18.1 Å². The van der Waals surface area contributed by atoms with Crippen molar-refractivity contribution in [3.8, 4) is 0 Å². The molecule has 1 aromatic rings. The highest BCUT2D eigenvalue weighted by Gasteiger charge is 2.23. The fraction of sp³-hybridized carbons (Fsp3) is 0.562. The Morgan fingerprint density at radius 2 is 2.05 bits per heavy atom. The van der Waals surface area contributed by atoms with E-state index in [2.05, 4.69) is 17.0 Å². The number of hydrogen-bond acceptors (Lipinski definition) is 3. The molecular weight excluding hydrogens is 268 g/mol. The molecule has 3 N–H and O–H groups in total. The van der Waals surface area contributed by atoms with Crippen LogP contribution in [-0.4, -0.2) is 29.3 Å². The van der Waals surface area contributed by atoms with Gasteiger partial charge in [-0.25, -0.2) is 0 Å². The van der Waals surface area contributed by atoms with E-state index in [-0.39, 0.29) is 6.61 Å². The Kier molecular flexibility index (Phi) is 5.38. The van der Waals surface area contributed by atoms with Gasteiger partial charge in [0, 0.05) is 23.8 Å². The maximum Gasteiger partial charge on any atom is 0.106 e. The van der Waals surface area contributed by atoms with Crippen molar-refractivity contribution in [3.63, 3.8) is 0 Å². The van der Waals surface area contributed by atoms with Gasteiger partial charge in [-0.15, -0.1) is 0 Å². The number of aryl methyl sites for hydroxylation is 1. The lowest BCUT2D eigenvalue weighted by Crippen LogP contribution is -2.40. The van der Waals surface area contributed by atoms with Gasteiger partial charge in [-0.1, -0.05) is 43.1 Å². The summed E-state index contributed by atoms with van der Waals surface area (Å²) < 4.78 is 0. The molecule has 0 atom stereocenters. The van der Waals surface area contributed by atoms with E-state index in [0.29, 0.717) is 17.6 Å². The smallest absolute Gasteiger partial charge is 0.106 e. The van der Waals surface area contributed by atoms with E-state index in [0.717, 1.165) is 16.8 Å². The summed E-state index contributed by atoms with van der Waals surface area (Å²) in [5, 5.41) is 9.41. The van der Waals surface area contributed by atoms with Gasteiger partial charge in [0.15, 0.2) is 0 Å². The minimum Gasteiger partial charge on any atom is -0.395 e. The molecule has 0 bridgehead atoms. The lowest BCUT2D eigenvalue weighted by atomic mass is 9.93. The van der Waals surface area contributed by atoms with E-state index in [1.54, 1.807) is 0 Å². The number of nitrogens with zero attached hydrogens (tertiary/aromatic N) is 1. The van der Waals surface area contributed by atoms with Crippen molar-refractivity contribution < 1.29 is 5.11 Å². The van der Waals surface area contributed by atoms with Gasteiger partial charge in [-0.3, -0.25) is 0 Å². The molecule has 0 saturated heterocycles. The molecule has 0 amide bonds. The first-order valence-corrected chi connectivity index (χ1v) is 7.82. The molecule has 0 radical (unpaired) electrons. The second-order valence-electron chi connectivity index (χ2n) is 5.59. The van der Waals surface area contributed by atoms with Gasteiger partial charge in [0.2, 0.25) is 0 Å². The number of nitrogens with two attached hydrogens (primary N) is 1. The summed E-state index contributed by atoms with van der Waals surface area (Å²) in [6.45, 7) is 2.84. The molecule has 4 heteroatoms. The normalized spacial score (nSPS) is 16.1. The molecule has 1 fully saturated rings. The Labute approximate surface area is 126 Å². The van der Waals surface area contributed by atoms with E-state index < -0.39 is 0 Å². The Hall–Kier alpha value is -1.13. The van der Waals surface area contributed by atoms with Crippen LogP contribution in [0.4, 0.5) is 5.69 Å². The van der Waals surface area contributed by atoms with Crippen LogP contribution < -0.4 is 10.6 Å². The zero-order chi connectivity index (χ0) is 14.5. The van der Waals surface area contributed by atoms with Gasteiger partial charge in [0.05, 0.1) is 6.61 Å². The molecule has 110 valence electrons. The van der Waals surface area contributed by atoms with Crippen LogP contribution >= 0.6 is 12.2 Å². The summed E-state index contributed by atoms with van der Waals surface area (Å²) in [5.74, 6) is 0. The number of aliphatic hydroxyl groups excluding tert-OH is 1. The predicted octanol–water partition coefficient (Wildman–Crippen LogP) is 2.76. The molecule has 1 aliphatic carbocycles. The number of thiocarbonyl (C=S) groups is 1. The maximum absolute atomic E-state index is 9.41. The maximum atomic E-state index is 9.41. The highest BCUT2D eigenvalue weighted by molar-refractivity contribution is 7.80. The number of benzene rings is 1. The lowest BCUT2D eigenvalue weighted by Gasteiger charge is -2.37. The highest BCUT2D eigenvalue weighted by Crippen LogP contribution is 2.30. The highest BCUT2D eigenvalue weighted by atomic mass is 32.1. The molecule has 0 aromatic heterocycles. The van der Waals surface area contributed by atoms with Crippen molar-refractivity contribution >= 4 is 22.9 Å². The molecule has 0 spiro atoms. The van der Waals surface area contributed by atoms with E-state index in [9.17, 15) is 5.11 Å². The fourth-order valence-electron chi connectivity index (χ4n) is 3.10. The number of aliphatic hydroxyl groups is 1. The summed E-state index contributed by atoms with van der Waals surface area (Å²) >= 11 is 5.20. The summed E-state index contributed by atoms with van der Waals surface area (Å²) in [6, 6.07) is 6.72. The molecule has 3 nitrogen and oxygen atoms in total. The molecule has 0 aliphatic heterocycles. The Bertz CT molecular complexity index is 470. The first-order chi connectivity index (χ1) is 9.63. The second kappa shape index (κ2) is 7.04. The standard InChI is InChI=1S/C16H24N2OS/c1-12-7-8-15(14(11-12)16(17)20)18(9-10-19)13-5-3-2-4-6-13/h7-8,11,13,19H,2-6,9-10H2,1H3,(H2,17,20). The number of hydrogen-bond donors (Lipinski definition) is 2. The van der Waals surface area contributed by atoms with Crippen LogP contribution in [0, 0.1) is 6.92 Å². The van der Waals surface area contributed by atoms with Crippen LogP contribution in [0.25, 0.3) is 0 Å². The zero-order valence-corrected chi connectivity index (χ0v) is 13.0. The van der Waals surface area contributed by atoms with E-state index in [1.165, 1.54) is 32.1 Å². The van der Waals surface area contributed by atoms with Crippen LogP contribution in [-0.2, 0) is 0 Å². The fourth-order valence-corrected chi connectivity index (χ4v) is 3.26. The molecule has 1 aliphatic rings. The van der Waals surface area contributed by atoms with Crippen LogP contribution in [0.1, 0.15) is 43.2 Å². The minimum atomic E-state index is 0.154.